The standard InChI is InChI=1S/C34H30ClN3O5S/c1-5-43-33(40)30-20(2)36-34-38(31(30)22-13-14-27(41-3)28(16-22)42-4)32(39)29(44-34)17-23-19-37(26-12-7-6-11-25(23)26)18-21-9-8-10-24(35)15-21/h6-17,19,31H,5,18H2,1-4H3/b29-17-/t31-/m1/s1. The third kappa shape index (κ3) is 5.33. The minimum absolute atomic E-state index is 0.192. The van der Waals surface area contributed by atoms with Gasteiger partial charge in [-0.1, -0.05) is 59.3 Å². The number of allylic oxidation sites excluding steroid dienone is 1. The normalized spacial score (nSPS) is 14.8. The van der Waals surface area contributed by atoms with Crippen LogP contribution in [0.5, 0.6) is 11.5 Å². The van der Waals surface area contributed by atoms with Crippen LogP contribution in [0.15, 0.2) is 94.0 Å². The highest BCUT2D eigenvalue weighted by atomic mass is 35.5. The highest BCUT2D eigenvalue weighted by Crippen LogP contribution is 2.36. The van der Waals surface area contributed by atoms with Gasteiger partial charge in [-0.3, -0.25) is 9.36 Å². The van der Waals surface area contributed by atoms with E-state index in [-0.39, 0.29) is 12.2 Å². The summed E-state index contributed by atoms with van der Waals surface area (Å²) in [7, 11) is 3.10. The van der Waals surface area contributed by atoms with Crippen molar-refractivity contribution in [1.82, 2.24) is 9.13 Å². The summed E-state index contributed by atoms with van der Waals surface area (Å²) in [5.41, 5.74) is 4.22. The molecule has 8 nitrogen and oxygen atoms in total. The van der Waals surface area contributed by atoms with Crippen molar-refractivity contribution in [1.29, 1.82) is 0 Å². The number of esters is 1. The molecule has 0 unspecified atom stereocenters. The van der Waals surface area contributed by atoms with Crippen LogP contribution >= 0.6 is 22.9 Å². The number of fused-ring (bicyclic) bond motifs is 2. The van der Waals surface area contributed by atoms with E-state index in [4.69, 9.17) is 30.8 Å². The number of thiazole rings is 1. The minimum Gasteiger partial charge on any atom is -0.493 e. The molecule has 6 rings (SSSR count). The molecular formula is C34H30ClN3O5S. The van der Waals surface area contributed by atoms with E-state index in [1.807, 2.05) is 60.8 Å². The van der Waals surface area contributed by atoms with E-state index in [0.717, 1.165) is 22.0 Å². The van der Waals surface area contributed by atoms with E-state index in [1.165, 1.54) is 11.3 Å². The van der Waals surface area contributed by atoms with Gasteiger partial charge in [0.05, 0.1) is 42.7 Å². The number of ether oxygens (including phenoxy) is 3. The average Bonchev–Trinajstić information content (AvgIpc) is 3.52. The zero-order valence-electron chi connectivity index (χ0n) is 24.7. The summed E-state index contributed by atoms with van der Waals surface area (Å²) in [6.07, 6.45) is 3.95. The van der Waals surface area contributed by atoms with Crippen molar-refractivity contribution in [3.05, 3.63) is 126 Å². The summed E-state index contributed by atoms with van der Waals surface area (Å²) in [6.45, 7) is 4.33. The van der Waals surface area contributed by atoms with Crippen molar-refractivity contribution < 1.29 is 19.0 Å². The highest BCUT2D eigenvalue weighted by Gasteiger charge is 2.34. The van der Waals surface area contributed by atoms with E-state index in [0.29, 0.717) is 49.2 Å². The van der Waals surface area contributed by atoms with Gasteiger partial charge in [0.2, 0.25) is 0 Å². The fraction of sp³-hybridized carbons (Fsp3) is 0.206. The molecule has 0 aliphatic carbocycles. The summed E-state index contributed by atoms with van der Waals surface area (Å²) < 4.78 is 20.6. The largest absolute Gasteiger partial charge is 0.493 e. The Labute approximate surface area is 262 Å². The topological polar surface area (TPSA) is 84.1 Å². The molecule has 0 N–H and O–H groups in total. The predicted octanol–water partition coefficient (Wildman–Crippen LogP) is 5.47. The van der Waals surface area contributed by atoms with Crippen molar-refractivity contribution in [2.24, 2.45) is 4.99 Å². The molecule has 1 aliphatic heterocycles. The molecule has 5 aromatic rings. The van der Waals surface area contributed by atoms with Crippen LogP contribution in [0.1, 0.15) is 36.6 Å². The molecule has 224 valence electrons. The lowest BCUT2D eigenvalue weighted by Crippen LogP contribution is -2.39. The number of nitrogens with zero attached hydrogens (tertiary/aromatic N) is 3. The number of carbonyl (C=O) groups excluding carboxylic acids is 1. The molecule has 0 radical (unpaired) electrons. The van der Waals surface area contributed by atoms with Crippen LogP contribution in [0, 0.1) is 0 Å². The van der Waals surface area contributed by atoms with Crippen LogP contribution in [0.4, 0.5) is 0 Å². The monoisotopic (exact) mass is 627 g/mol. The second kappa shape index (κ2) is 12.2. The molecule has 0 fully saturated rings. The van der Waals surface area contributed by atoms with Crippen LogP contribution < -0.4 is 24.4 Å². The number of methoxy groups -OCH3 is 2. The lowest BCUT2D eigenvalue weighted by atomic mass is 9.95. The average molecular weight is 628 g/mol. The Kier molecular flexibility index (Phi) is 8.16. The van der Waals surface area contributed by atoms with Gasteiger partial charge in [0.1, 0.15) is 0 Å². The number of benzene rings is 3. The van der Waals surface area contributed by atoms with Crippen LogP contribution in [-0.2, 0) is 16.1 Å². The maximum atomic E-state index is 14.2. The number of rotatable bonds is 8. The number of hydrogen-bond donors (Lipinski definition) is 0. The van der Waals surface area contributed by atoms with E-state index < -0.39 is 12.0 Å². The van der Waals surface area contributed by atoms with Gasteiger partial charge in [0, 0.05) is 34.2 Å². The molecule has 10 heteroatoms. The number of halogens is 1. The Bertz CT molecular complexity index is 2120. The summed E-state index contributed by atoms with van der Waals surface area (Å²) in [4.78, 5) is 32.7. The molecule has 0 bridgehead atoms. The van der Waals surface area contributed by atoms with Gasteiger partial charge < -0.3 is 18.8 Å². The Morgan fingerprint density at radius 1 is 1.05 bits per heavy atom. The van der Waals surface area contributed by atoms with E-state index >= 15 is 0 Å². The second-order valence-electron chi connectivity index (χ2n) is 10.3. The predicted molar refractivity (Wildman–Crippen MR) is 172 cm³/mol. The minimum atomic E-state index is -0.767. The maximum Gasteiger partial charge on any atom is 0.338 e. The van der Waals surface area contributed by atoms with Gasteiger partial charge in [0.15, 0.2) is 16.3 Å². The van der Waals surface area contributed by atoms with Crippen LogP contribution in [0.25, 0.3) is 17.0 Å². The molecule has 1 atom stereocenters. The molecule has 0 saturated carbocycles. The van der Waals surface area contributed by atoms with Crippen molar-refractivity contribution in [2.45, 2.75) is 26.4 Å². The molecular weight excluding hydrogens is 598 g/mol. The molecule has 2 aromatic heterocycles. The number of aromatic nitrogens is 2. The van der Waals surface area contributed by atoms with Gasteiger partial charge in [-0.25, -0.2) is 9.79 Å². The van der Waals surface area contributed by atoms with Crippen molar-refractivity contribution in [3.8, 4) is 11.5 Å². The van der Waals surface area contributed by atoms with Crippen LogP contribution in [0.2, 0.25) is 5.02 Å². The zero-order valence-corrected chi connectivity index (χ0v) is 26.2. The lowest BCUT2D eigenvalue weighted by Gasteiger charge is -2.25. The molecule has 1 aliphatic rings. The summed E-state index contributed by atoms with van der Waals surface area (Å²) >= 11 is 7.54. The molecule has 3 heterocycles. The first kappa shape index (κ1) is 29.5. The van der Waals surface area contributed by atoms with Gasteiger partial charge in [-0.2, -0.15) is 0 Å². The number of para-hydroxylation sites is 1. The first-order valence-corrected chi connectivity index (χ1v) is 15.3. The zero-order chi connectivity index (χ0) is 31.0. The van der Waals surface area contributed by atoms with Crippen LogP contribution in [-0.4, -0.2) is 35.9 Å². The fourth-order valence-corrected chi connectivity index (χ4v) is 6.87. The first-order valence-electron chi connectivity index (χ1n) is 14.1. The molecule has 3 aromatic carbocycles. The Morgan fingerprint density at radius 3 is 2.59 bits per heavy atom. The van der Waals surface area contributed by atoms with Crippen molar-refractivity contribution in [2.75, 3.05) is 20.8 Å². The van der Waals surface area contributed by atoms with E-state index in [1.54, 1.807) is 44.8 Å². The molecule has 0 amide bonds. The molecule has 0 saturated heterocycles. The van der Waals surface area contributed by atoms with Crippen molar-refractivity contribution >= 4 is 45.9 Å². The fourth-order valence-electron chi connectivity index (χ4n) is 5.62. The van der Waals surface area contributed by atoms with E-state index in [2.05, 4.69) is 10.6 Å². The Hall–Kier alpha value is -4.60. The highest BCUT2D eigenvalue weighted by molar-refractivity contribution is 7.07. The van der Waals surface area contributed by atoms with Crippen LogP contribution in [0.3, 0.4) is 0 Å². The number of carbonyl (C=O) groups is 1. The number of hydrogen-bond acceptors (Lipinski definition) is 7. The molecule has 0 spiro atoms. The quantitative estimate of drug-likeness (QED) is 0.213. The van der Waals surface area contributed by atoms with Crippen molar-refractivity contribution in [3.63, 3.8) is 0 Å². The van der Waals surface area contributed by atoms with Gasteiger partial charge in [-0.15, -0.1) is 0 Å². The van der Waals surface area contributed by atoms with E-state index in [9.17, 15) is 9.59 Å². The first-order chi connectivity index (χ1) is 21.3. The SMILES string of the molecule is CCOC(=O)C1=C(C)N=c2s/c(=C\c3cn(Cc4cccc(Cl)c4)c4ccccc34)c(=O)n2[C@@H]1c1ccc(OC)c(OC)c1. The summed E-state index contributed by atoms with van der Waals surface area (Å²) in [5.74, 6) is 0.501. The maximum absolute atomic E-state index is 14.2. The van der Waals surface area contributed by atoms with Gasteiger partial charge in [-0.05, 0) is 61.4 Å². The van der Waals surface area contributed by atoms with Gasteiger partial charge in [0.25, 0.3) is 5.56 Å². The summed E-state index contributed by atoms with van der Waals surface area (Å²) in [5, 5.41) is 1.70. The lowest BCUT2D eigenvalue weighted by molar-refractivity contribution is -0.139. The van der Waals surface area contributed by atoms with Gasteiger partial charge >= 0.3 is 5.97 Å². The molecule has 44 heavy (non-hydrogen) atoms. The smallest absolute Gasteiger partial charge is 0.338 e. The second-order valence-corrected chi connectivity index (χ2v) is 11.7. The summed E-state index contributed by atoms with van der Waals surface area (Å²) in [6, 6.07) is 20.5. The third-order valence-corrected chi connectivity index (χ3v) is 8.81. The Balaban J connectivity index is 1.52. The Morgan fingerprint density at radius 2 is 1.84 bits per heavy atom. The third-order valence-electron chi connectivity index (χ3n) is 7.59.